The van der Waals surface area contributed by atoms with Gasteiger partial charge in [0.15, 0.2) is 11.6 Å². The molecule has 62 heavy (non-hydrogen) atoms. The molecular weight excluding hydrogens is 759 g/mol. The Labute approximate surface area is 356 Å². The minimum absolute atomic E-state index is 0.512. The molecule has 0 N–H and O–H groups in total. The molecule has 0 saturated heterocycles. The number of fused-ring (bicyclic) bond motifs is 7. The number of aromatic nitrogens is 7. The van der Waals surface area contributed by atoms with Crippen molar-refractivity contribution < 1.29 is 0 Å². The van der Waals surface area contributed by atoms with Crippen molar-refractivity contribution in [1.82, 2.24) is 34.1 Å². The van der Waals surface area contributed by atoms with Gasteiger partial charge >= 0.3 is 0 Å². The zero-order valence-electron chi connectivity index (χ0n) is 33.3. The lowest BCUT2D eigenvalue weighted by Gasteiger charge is -2.14. The van der Waals surface area contributed by atoms with Crippen molar-refractivity contribution in [2.75, 3.05) is 0 Å². The van der Waals surface area contributed by atoms with Gasteiger partial charge in [-0.1, -0.05) is 188 Å². The Morgan fingerprint density at radius 3 is 1.19 bits per heavy atom. The summed E-state index contributed by atoms with van der Waals surface area (Å²) in [6.45, 7) is 0. The van der Waals surface area contributed by atoms with Crippen LogP contribution in [0.5, 0.6) is 0 Å². The molecule has 12 rings (SSSR count). The minimum Gasteiger partial charge on any atom is -0.276 e. The molecule has 0 fully saturated rings. The van der Waals surface area contributed by atoms with E-state index in [1.54, 1.807) is 0 Å². The lowest BCUT2D eigenvalue weighted by molar-refractivity contribution is 0.949. The Morgan fingerprint density at radius 2 is 0.661 bits per heavy atom. The first-order valence-electron chi connectivity index (χ1n) is 20.7. The number of hydrogen-bond donors (Lipinski definition) is 0. The van der Waals surface area contributed by atoms with Crippen LogP contribution in [0, 0.1) is 0 Å². The van der Waals surface area contributed by atoms with E-state index >= 15 is 0 Å². The predicted octanol–water partition coefficient (Wildman–Crippen LogP) is 13.2. The van der Waals surface area contributed by atoms with Gasteiger partial charge < -0.3 is 0 Å². The molecule has 0 spiro atoms. The summed E-state index contributed by atoms with van der Waals surface area (Å²) in [5.41, 5.74) is 11.6. The van der Waals surface area contributed by atoms with Crippen molar-refractivity contribution in [3.63, 3.8) is 0 Å². The van der Waals surface area contributed by atoms with Crippen LogP contribution in [0.3, 0.4) is 0 Å². The monoisotopic (exact) mass is 793 g/mol. The average molecular weight is 794 g/mol. The molecule has 0 saturated carbocycles. The second kappa shape index (κ2) is 14.6. The van der Waals surface area contributed by atoms with Gasteiger partial charge in [-0.25, -0.2) is 15.0 Å². The van der Waals surface area contributed by atoms with Crippen LogP contribution < -0.4 is 0 Å². The van der Waals surface area contributed by atoms with Gasteiger partial charge in [-0.05, 0) is 35.4 Å². The van der Waals surface area contributed by atoms with Crippen LogP contribution in [0.4, 0.5) is 0 Å². The maximum Gasteiger partial charge on any atom is 0.238 e. The quantitative estimate of drug-likeness (QED) is 0.161. The third-order valence-electron chi connectivity index (χ3n) is 11.6. The van der Waals surface area contributed by atoms with Crippen LogP contribution in [0.2, 0.25) is 0 Å². The highest BCUT2D eigenvalue weighted by atomic mass is 15.2. The molecule has 0 aliphatic rings. The summed E-state index contributed by atoms with van der Waals surface area (Å²) in [5.74, 6) is 2.25. The van der Waals surface area contributed by atoms with Crippen molar-refractivity contribution in [2.45, 2.75) is 0 Å². The summed E-state index contributed by atoms with van der Waals surface area (Å²) in [6, 6.07) is 73.2. The fourth-order valence-electron chi connectivity index (χ4n) is 8.74. The van der Waals surface area contributed by atoms with E-state index < -0.39 is 0 Å². The van der Waals surface area contributed by atoms with Crippen molar-refractivity contribution >= 4 is 43.6 Å². The van der Waals surface area contributed by atoms with Crippen LogP contribution in [0.1, 0.15) is 0 Å². The summed E-state index contributed by atoms with van der Waals surface area (Å²) in [7, 11) is 0. The molecule has 4 heterocycles. The molecule has 7 heteroatoms. The van der Waals surface area contributed by atoms with Gasteiger partial charge in [-0.15, -0.1) is 0 Å². The summed E-state index contributed by atoms with van der Waals surface area (Å²) in [6.07, 6.45) is 0. The van der Waals surface area contributed by atoms with E-state index in [2.05, 4.69) is 149 Å². The predicted molar refractivity (Wildman–Crippen MR) is 251 cm³/mol. The van der Waals surface area contributed by atoms with Gasteiger partial charge in [-0.3, -0.25) is 9.13 Å². The first kappa shape index (κ1) is 35.4. The smallest absolute Gasteiger partial charge is 0.238 e. The van der Waals surface area contributed by atoms with Crippen molar-refractivity contribution in [3.8, 4) is 68.3 Å². The first-order valence-corrected chi connectivity index (χ1v) is 20.7. The number of benzene rings is 8. The van der Waals surface area contributed by atoms with Crippen LogP contribution in [0.25, 0.3) is 112 Å². The van der Waals surface area contributed by atoms with Crippen LogP contribution in [0.15, 0.2) is 212 Å². The molecule has 0 aliphatic heterocycles. The maximum absolute atomic E-state index is 5.38. The normalized spacial score (nSPS) is 11.5. The molecule has 12 aromatic rings. The Morgan fingerprint density at radius 1 is 0.258 bits per heavy atom. The summed E-state index contributed by atoms with van der Waals surface area (Å²) < 4.78 is 4.44. The van der Waals surface area contributed by atoms with Gasteiger partial charge in [-0.2, -0.15) is 9.97 Å². The molecule has 8 aromatic carbocycles. The van der Waals surface area contributed by atoms with E-state index in [0.29, 0.717) is 23.5 Å². The lowest BCUT2D eigenvalue weighted by Crippen LogP contribution is -2.08. The molecule has 0 radical (unpaired) electrons. The molecule has 0 unspecified atom stereocenters. The van der Waals surface area contributed by atoms with E-state index in [-0.39, 0.29) is 0 Å². The van der Waals surface area contributed by atoms with E-state index in [9.17, 15) is 0 Å². The third kappa shape index (κ3) is 5.94. The summed E-state index contributed by atoms with van der Waals surface area (Å²) in [4.78, 5) is 26.6. The molecular formula is C55H35N7. The molecule has 290 valence electrons. The molecule has 7 nitrogen and oxygen atoms in total. The average Bonchev–Trinajstić information content (AvgIpc) is 3.88. The number of para-hydroxylation sites is 2. The number of rotatable bonds is 7. The topological polar surface area (TPSA) is 74.3 Å². The highest BCUT2D eigenvalue weighted by Gasteiger charge is 2.25. The Bertz CT molecular complexity index is 3560. The molecule has 0 aliphatic carbocycles. The Balaban J connectivity index is 1.19. The summed E-state index contributed by atoms with van der Waals surface area (Å²) in [5, 5.41) is 4.31. The molecule has 0 bridgehead atoms. The Kier molecular flexibility index (Phi) is 8.35. The fraction of sp³-hybridized carbons (Fsp3) is 0. The molecule has 4 aromatic heterocycles. The Hall–Kier alpha value is -8.55. The van der Waals surface area contributed by atoms with Gasteiger partial charge in [0.2, 0.25) is 11.9 Å². The van der Waals surface area contributed by atoms with Gasteiger partial charge in [0.1, 0.15) is 0 Å². The van der Waals surface area contributed by atoms with E-state index in [1.807, 2.05) is 72.8 Å². The van der Waals surface area contributed by atoms with E-state index in [0.717, 1.165) is 88.4 Å². The maximum atomic E-state index is 5.38. The van der Waals surface area contributed by atoms with E-state index in [1.165, 1.54) is 0 Å². The highest BCUT2D eigenvalue weighted by Crippen LogP contribution is 2.42. The number of hydrogen-bond acceptors (Lipinski definition) is 5. The van der Waals surface area contributed by atoms with Crippen LogP contribution >= 0.6 is 0 Å². The van der Waals surface area contributed by atoms with Crippen LogP contribution in [-0.2, 0) is 0 Å². The van der Waals surface area contributed by atoms with Gasteiger partial charge in [0.05, 0.1) is 33.5 Å². The minimum atomic E-state index is 0.512. The van der Waals surface area contributed by atoms with Crippen molar-refractivity contribution in [3.05, 3.63) is 212 Å². The molecule has 0 amide bonds. The first-order chi connectivity index (χ1) is 30.7. The van der Waals surface area contributed by atoms with E-state index in [4.69, 9.17) is 24.9 Å². The zero-order valence-corrected chi connectivity index (χ0v) is 33.3. The van der Waals surface area contributed by atoms with Gasteiger partial charge in [0.25, 0.3) is 0 Å². The van der Waals surface area contributed by atoms with Gasteiger partial charge in [0, 0.05) is 43.8 Å². The third-order valence-corrected chi connectivity index (χ3v) is 11.6. The van der Waals surface area contributed by atoms with Crippen LogP contribution in [-0.4, -0.2) is 34.1 Å². The largest absolute Gasteiger partial charge is 0.276 e. The second-order valence-corrected chi connectivity index (χ2v) is 15.3. The molecule has 0 atom stereocenters. The number of nitrogens with zero attached hydrogens (tertiary/aromatic N) is 7. The lowest BCUT2D eigenvalue weighted by atomic mass is 10.0. The standard InChI is InChI=1S/C55H35N7/c1-5-18-36(19-6-1)40-26-17-27-41(34-40)53-58-52(39-24-11-4-12-25-39)59-55(60-53)62-49-31-16-14-29-43(49)45-33-32-44-42-28-13-15-30-48(42)61(50(44)51(45)62)54-56-46(37-20-7-2-8-21-37)35-47(57-54)38-22-9-3-10-23-38/h1-35H. The SMILES string of the molecule is c1ccc(-c2cccc(-c3nc(-c4ccccc4)nc(-n4c5ccccc5c5ccc6c7ccccc7n(-c7nc(-c8ccccc8)cc(-c8ccccc8)n7)c6c54)n3)c2)cc1. The fourth-order valence-corrected chi connectivity index (χ4v) is 8.74. The van der Waals surface area contributed by atoms with Crippen molar-refractivity contribution in [2.24, 2.45) is 0 Å². The zero-order chi connectivity index (χ0) is 41.0. The highest BCUT2D eigenvalue weighted by molar-refractivity contribution is 6.23. The second-order valence-electron chi connectivity index (χ2n) is 15.3. The van der Waals surface area contributed by atoms with Crippen molar-refractivity contribution in [1.29, 1.82) is 0 Å². The summed E-state index contributed by atoms with van der Waals surface area (Å²) >= 11 is 0.